The van der Waals surface area contributed by atoms with E-state index in [2.05, 4.69) is 27.9 Å². The zero-order valence-electron chi connectivity index (χ0n) is 20.5. The van der Waals surface area contributed by atoms with Crippen molar-refractivity contribution in [1.29, 1.82) is 5.26 Å². The number of amides is 1. The maximum absolute atomic E-state index is 12.8. The lowest BCUT2D eigenvalue weighted by Crippen LogP contribution is -2.13. The molecule has 38 heavy (non-hydrogen) atoms. The SMILES string of the molecule is CCOC(=O)c1ccc(NC(=O)/C(C#N)=C/c2cc(I)c(OCc3ccc(Cl)cc3Cl)c(OCC)c2)cc1. The molecule has 7 nitrogen and oxygen atoms in total. The van der Waals surface area contributed by atoms with Gasteiger partial charge in [0.05, 0.1) is 22.3 Å². The Balaban J connectivity index is 1.80. The van der Waals surface area contributed by atoms with E-state index in [1.54, 1.807) is 49.4 Å². The summed E-state index contributed by atoms with van der Waals surface area (Å²) in [5.41, 5.74) is 2.02. The average Bonchev–Trinajstić information content (AvgIpc) is 2.88. The number of rotatable bonds is 10. The van der Waals surface area contributed by atoms with Crippen molar-refractivity contribution in [3.05, 3.63) is 90.5 Å². The molecule has 0 saturated heterocycles. The number of nitrogens with zero attached hydrogens (tertiary/aromatic N) is 1. The van der Waals surface area contributed by atoms with Gasteiger partial charge in [-0.15, -0.1) is 0 Å². The first-order chi connectivity index (χ1) is 18.2. The number of halogens is 3. The Morgan fingerprint density at radius 3 is 2.39 bits per heavy atom. The molecule has 3 aromatic carbocycles. The zero-order valence-corrected chi connectivity index (χ0v) is 24.2. The van der Waals surface area contributed by atoms with Gasteiger partial charge in [-0.05, 0) is 96.6 Å². The summed E-state index contributed by atoms with van der Waals surface area (Å²) in [5.74, 6) is -0.0725. The van der Waals surface area contributed by atoms with E-state index in [9.17, 15) is 14.9 Å². The van der Waals surface area contributed by atoms with Gasteiger partial charge < -0.3 is 19.5 Å². The summed E-state index contributed by atoms with van der Waals surface area (Å²) in [4.78, 5) is 24.6. The molecule has 1 amide bonds. The van der Waals surface area contributed by atoms with E-state index in [0.717, 1.165) is 9.13 Å². The van der Waals surface area contributed by atoms with E-state index in [4.69, 9.17) is 37.4 Å². The van der Waals surface area contributed by atoms with Crippen LogP contribution in [0.3, 0.4) is 0 Å². The monoisotopic (exact) mass is 664 g/mol. The molecule has 0 aliphatic heterocycles. The summed E-state index contributed by atoms with van der Waals surface area (Å²) < 4.78 is 17.5. The second kappa shape index (κ2) is 14.0. The maximum atomic E-state index is 12.8. The van der Waals surface area contributed by atoms with Gasteiger partial charge in [0.2, 0.25) is 0 Å². The maximum Gasteiger partial charge on any atom is 0.338 e. The number of hydrogen-bond acceptors (Lipinski definition) is 6. The molecule has 1 N–H and O–H groups in total. The first kappa shape index (κ1) is 29.3. The molecule has 0 aliphatic carbocycles. The number of nitrogens with one attached hydrogen (secondary N) is 1. The highest BCUT2D eigenvalue weighted by Crippen LogP contribution is 2.36. The van der Waals surface area contributed by atoms with Crippen LogP contribution in [-0.2, 0) is 16.1 Å². The second-order valence-electron chi connectivity index (χ2n) is 7.71. The third-order valence-corrected chi connectivity index (χ3v) is 6.44. The molecule has 0 aliphatic rings. The van der Waals surface area contributed by atoms with Crippen molar-refractivity contribution in [2.24, 2.45) is 0 Å². The fourth-order valence-electron chi connectivity index (χ4n) is 3.28. The number of carbonyl (C=O) groups is 2. The Morgan fingerprint density at radius 1 is 1.03 bits per heavy atom. The Hall–Kier alpha value is -3.26. The van der Waals surface area contributed by atoms with Crippen molar-refractivity contribution in [3.8, 4) is 17.6 Å². The summed E-state index contributed by atoms with van der Waals surface area (Å²) in [6, 6.07) is 16.8. The summed E-state index contributed by atoms with van der Waals surface area (Å²) in [6.07, 6.45) is 1.47. The molecular weight excluding hydrogens is 642 g/mol. The number of esters is 1. The van der Waals surface area contributed by atoms with Crippen LogP contribution in [0.25, 0.3) is 6.08 Å². The Morgan fingerprint density at radius 2 is 1.76 bits per heavy atom. The fraction of sp³-hybridized carbons (Fsp3) is 0.179. The van der Waals surface area contributed by atoms with E-state index in [1.807, 2.05) is 13.0 Å². The zero-order chi connectivity index (χ0) is 27.7. The van der Waals surface area contributed by atoms with Crippen molar-refractivity contribution in [2.75, 3.05) is 18.5 Å². The van der Waals surface area contributed by atoms with Crippen LogP contribution in [0.15, 0.2) is 60.2 Å². The molecule has 0 spiro atoms. The first-order valence-electron chi connectivity index (χ1n) is 11.5. The largest absolute Gasteiger partial charge is 0.490 e. The summed E-state index contributed by atoms with van der Waals surface area (Å²) in [5, 5.41) is 13.3. The third kappa shape index (κ3) is 7.87. The number of carbonyl (C=O) groups excluding carboxylic acids is 2. The van der Waals surface area contributed by atoms with E-state index in [0.29, 0.717) is 45.0 Å². The van der Waals surface area contributed by atoms with Crippen LogP contribution in [0.2, 0.25) is 10.0 Å². The standard InChI is InChI=1S/C28H23Cl2IN2O5/c1-3-36-25-13-17(12-24(31)26(25)38-16-19-5-8-21(29)14-23(19)30)11-20(15-32)27(34)33-22-9-6-18(7-10-22)28(35)37-4-2/h5-14H,3-4,16H2,1-2H3,(H,33,34)/b20-11+. The Bertz CT molecular complexity index is 1400. The minimum absolute atomic E-state index is 0.112. The highest BCUT2D eigenvalue weighted by molar-refractivity contribution is 14.1. The molecule has 196 valence electrons. The van der Waals surface area contributed by atoms with Crippen molar-refractivity contribution >= 4 is 69.4 Å². The fourth-order valence-corrected chi connectivity index (χ4v) is 4.52. The van der Waals surface area contributed by atoms with Crippen LogP contribution in [-0.4, -0.2) is 25.1 Å². The van der Waals surface area contributed by atoms with Gasteiger partial charge in [-0.25, -0.2) is 4.79 Å². The van der Waals surface area contributed by atoms with Crippen molar-refractivity contribution in [3.63, 3.8) is 0 Å². The van der Waals surface area contributed by atoms with Crippen LogP contribution in [0.4, 0.5) is 5.69 Å². The molecule has 0 heterocycles. The van der Waals surface area contributed by atoms with Crippen molar-refractivity contribution in [1.82, 2.24) is 0 Å². The quantitative estimate of drug-likeness (QED) is 0.106. The summed E-state index contributed by atoms with van der Waals surface area (Å²) >= 11 is 14.3. The van der Waals surface area contributed by atoms with Crippen molar-refractivity contribution in [2.45, 2.75) is 20.5 Å². The highest BCUT2D eigenvalue weighted by atomic mass is 127. The molecule has 3 rings (SSSR count). The van der Waals surface area contributed by atoms with Crippen LogP contribution < -0.4 is 14.8 Å². The number of hydrogen-bond donors (Lipinski definition) is 1. The predicted octanol–water partition coefficient (Wildman–Crippen LogP) is 7.30. The highest BCUT2D eigenvalue weighted by Gasteiger charge is 2.16. The minimum atomic E-state index is -0.595. The smallest absolute Gasteiger partial charge is 0.338 e. The van der Waals surface area contributed by atoms with E-state index in [-0.39, 0.29) is 18.8 Å². The number of benzene rings is 3. The Labute approximate surface area is 244 Å². The van der Waals surface area contributed by atoms with Crippen LogP contribution in [0.1, 0.15) is 35.3 Å². The van der Waals surface area contributed by atoms with E-state index >= 15 is 0 Å². The summed E-state index contributed by atoms with van der Waals surface area (Å²) in [7, 11) is 0. The molecule has 0 radical (unpaired) electrons. The first-order valence-corrected chi connectivity index (χ1v) is 13.3. The lowest BCUT2D eigenvalue weighted by molar-refractivity contribution is -0.112. The molecule has 0 saturated carbocycles. The van der Waals surface area contributed by atoms with Crippen LogP contribution in [0.5, 0.6) is 11.5 Å². The van der Waals surface area contributed by atoms with Gasteiger partial charge in [-0.3, -0.25) is 4.79 Å². The second-order valence-corrected chi connectivity index (χ2v) is 9.71. The molecule has 3 aromatic rings. The topological polar surface area (TPSA) is 97.7 Å². The normalized spacial score (nSPS) is 10.9. The van der Waals surface area contributed by atoms with Gasteiger partial charge in [0.15, 0.2) is 11.5 Å². The van der Waals surface area contributed by atoms with Gasteiger partial charge in [0.1, 0.15) is 18.2 Å². The molecule has 0 fully saturated rings. The molecule has 0 unspecified atom stereocenters. The third-order valence-electron chi connectivity index (χ3n) is 5.05. The van der Waals surface area contributed by atoms with Crippen LogP contribution >= 0.6 is 45.8 Å². The molecule has 0 aromatic heterocycles. The van der Waals surface area contributed by atoms with Crippen molar-refractivity contribution < 1.29 is 23.8 Å². The lowest BCUT2D eigenvalue weighted by atomic mass is 10.1. The average molecular weight is 665 g/mol. The molecule has 0 bridgehead atoms. The number of anilines is 1. The minimum Gasteiger partial charge on any atom is -0.490 e. The molecular formula is C28H23Cl2IN2O5. The van der Waals surface area contributed by atoms with Crippen LogP contribution in [0, 0.1) is 14.9 Å². The predicted molar refractivity (Wildman–Crippen MR) is 156 cm³/mol. The van der Waals surface area contributed by atoms with E-state index < -0.39 is 11.9 Å². The lowest BCUT2D eigenvalue weighted by Gasteiger charge is -2.15. The number of nitriles is 1. The Kier molecular flexibility index (Phi) is 10.8. The van der Waals surface area contributed by atoms with E-state index in [1.165, 1.54) is 18.2 Å². The number of ether oxygens (including phenoxy) is 3. The molecule has 10 heteroatoms. The van der Waals surface area contributed by atoms with Gasteiger partial charge in [0, 0.05) is 21.3 Å². The van der Waals surface area contributed by atoms with Gasteiger partial charge in [-0.1, -0.05) is 29.3 Å². The van der Waals surface area contributed by atoms with Gasteiger partial charge >= 0.3 is 5.97 Å². The molecule has 0 atom stereocenters. The summed E-state index contributed by atoms with van der Waals surface area (Å²) in [6.45, 7) is 4.41. The van der Waals surface area contributed by atoms with Gasteiger partial charge in [-0.2, -0.15) is 5.26 Å². The van der Waals surface area contributed by atoms with Gasteiger partial charge in [0.25, 0.3) is 5.91 Å².